The van der Waals surface area contributed by atoms with E-state index in [1.807, 2.05) is 18.1 Å². The van der Waals surface area contributed by atoms with Gasteiger partial charge in [0.1, 0.15) is 6.54 Å². The fourth-order valence-electron chi connectivity index (χ4n) is 4.15. The van der Waals surface area contributed by atoms with E-state index in [1.165, 1.54) is 12.8 Å². The molecular formula is C18H30N6O2. The lowest BCUT2D eigenvalue weighted by Gasteiger charge is -2.37. The Labute approximate surface area is 154 Å². The Morgan fingerprint density at radius 3 is 2.73 bits per heavy atom. The number of hydrogen-bond acceptors (Lipinski definition) is 4. The highest BCUT2D eigenvalue weighted by atomic mass is 16.3. The van der Waals surface area contributed by atoms with Crippen LogP contribution in [0, 0.1) is 5.41 Å². The first-order chi connectivity index (χ1) is 12.6. The van der Waals surface area contributed by atoms with Crippen molar-refractivity contribution in [2.45, 2.75) is 32.1 Å². The molecule has 1 aliphatic heterocycles. The highest BCUT2D eigenvalue weighted by Gasteiger charge is 2.34. The Bertz CT molecular complexity index is 650. The van der Waals surface area contributed by atoms with Gasteiger partial charge in [0, 0.05) is 46.5 Å². The van der Waals surface area contributed by atoms with E-state index < -0.39 is 0 Å². The third kappa shape index (κ3) is 4.00. The summed E-state index contributed by atoms with van der Waals surface area (Å²) in [6, 6.07) is 0. The quantitative estimate of drug-likeness (QED) is 0.591. The Kier molecular flexibility index (Phi) is 5.80. The standard InChI is InChI=1S/C18H30N6O2/c1-19-17(20-14-18(7-10-25)5-3-4-6-18)23-8-9-24(16(26)13-23)15-11-21-22(2)12-15/h11-12,25H,3-10,13-14H2,1-2H3,(H,19,20). The van der Waals surface area contributed by atoms with Gasteiger partial charge in [0.25, 0.3) is 0 Å². The van der Waals surface area contributed by atoms with Crippen molar-refractivity contribution in [1.82, 2.24) is 20.0 Å². The van der Waals surface area contributed by atoms with Crippen LogP contribution in [0.3, 0.4) is 0 Å². The van der Waals surface area contributed by atoms with Crippen molar-refractivity contribution in [2.75, 3.05) is 44.7 Å². The van der Waals surface area contributed by atoms with Crippen molar-refractivity contribution in [2.24, 2.45) is 17.5 Å². The number of amides is 1. The summed E-state index contributed by atoms with van der Waals surface area (Å²) in [4.78, 5) is 20.8. The van der Waals surface area contributed by atoms with Gasteiger partial charge in [-0.3, -0.25) is 14.5 Å². The summed E-state index contributed by atoms with van der Waals surface area (Å²) in [6.07, 6.45) is 9.14. The van der Waals surface area contributed by atoms with Gasteiger partial charge in [-0.15, -0.1) is 0 Å². The molecule has 0 radical (unpaired) electrons. The van der Waals surface area contributed by atoms with Crippen LogP contribution >= 0.6 is 0 Å². The van der Waals surface area contributed by atoms with Gasteiger partial charge in [0.05, 0.1) is 11.9 Å². The van der Waals surface area contributed by atoms with Crippen molar-refractivity contribution >= 4 is 17.6 Å². The Morgan fingerprint density at radius 1 is 1.38 bits per heavy atom. The zero-order chi connectivity index (χ0) is 18.6. The fourth-order valence-corrected chi connectivity index (χ4v) is 4.15. The van der Waals surface area contributed by atoms with Crippen LogP contribution in [0.2, 0.25) is 0 Å². The van der Waals surface area contributed by atoms with Gasteiger partial charge < -0.3 is 20.2 Å². The summed E-state index contributed by atoms with van der Waals surface area (Å²) in [5.74, 6) is 0.825. The van der Waals surface area contributed by atoms with E-state index >= 15 is 0 Å². The minimum absolute atomic E-state index is 0.0538. The smallest absolute Gasteiger partial charge is 0.246 e. The number of anilines is 1. The molecule has 0 atom stereocenters. The lowest BCUT2D eigenvalue weighted by molar-refractivity contribution is -0.120. The molecule has 1 aromatic rings. The normalized spacial score (nSPS) is 20.7. The minimum atomic E-state index is 0.0538. The zero-order valence-electron chi connectivity index (χ0n) is 15.8. The number of aryl methyl sites for hydroxylation is 1. The van der Waals surface area contributed by atoms with Gasteiger partial charge in [-0.25, -0.2) is 0 Å². The van der Waals surface area contributed by atoms with Gasteiger partial charge in [-0.1, -0.05) is 12.8 Å². The molecule has 26 heavy (non-hydrogen) atoms. The summed E-state index contributed by atoms with van der Waals surface area (Å²) in [6.45, 7) is 2.68. The predicted octanol–water partition coefficient (Wildman–Crippen LogP) is 0.587. The molecule has 1 aliphatic carbocycles. The SMILES string of the molecule is CN=C(NCC1(CCO)CCCC1)N1CCN(c2cnn(C)c2)C(=O)C1. The summed E-state index contributed by atoms with van der Waals surface area (Å²) in [5.41, 5.74) is 1.000. The maximum atomic E-state index is 12.6. The Balaban J connectivity index is 1.58. The molecule has 2 N–H and O–H groups in total. The van der Waals surface area contributed by atoms with Crippen molar-refractivity contribution in [3.05, 3.63) is 12.4 Å². The van der Waals surface area contributed by atoms with E-state index in [2.05, 4.69) is 15.4 Å². The summed E-state index contributed by atoms with van der Waals surface area (Å²) in [5, 5.41) is 17.0. The molecule has 1 amide bonds. The number of aliphatic imine (C=N–C) groups is 1. The second kappa shape index (κ2) is 8.07. The van der Waals surface area contributed by atoms with Gasteiger partial charge in [0.15, 0.2) is 5.96 Å². The van der Waals surface area contributed by atoms with Crippen LogP contribution in [0.25, 0.3) is 0 Å². The van der Waals surface area contributed by atoms with E-state index in [1.54, 1.807) is 22.8 Å². The highest BCUT2D eigenvalue weighted by Crippen LogP contribution is 2.40. The number of guanidine groups is 1. The first-order valence-corrected chi connectivity index (χ1v) is 9.42. The second-order valence-electron chi connectivity index (χ2n) is 7.42. The topological polar surface area (TPSA) is 86.0 Å². The summed E-state index contributed by atoms with van der Waals surface area (Å²) >= 11 is 0. The van der Waals surface area contributed by atoms with Crippen molar-refractivity contribution in [1.29, 1.82) is 0 Å². The molecule has 2 heterocycles. The number of nitrogens with one attached hydrogen (secondary N) is 1. The average Bonchev–Trinajstić information content (AvgIpc) is 3.26. The number of hydrogen-bond donors (Lipinski definition) is 2. The van der Waals surface area contributed by atoms with Gasteiger partial charge in [-0.2, -0.15) is 5.10 Å². The van der Waals surface area contributed by atoms with Crippen LogP contribution < -0.4 is 10.2 Å². The number of rotatable bonds is 5. The van der Waals surface area contributed by atoms with Gasteiger partial charge in [-0.05, 0) is 24.7 Å². The number of piperazine rings is 1. The third-order valence-electron chi connectivity index (χ3n) is 5.66. The van der Waals surface area contributed by atoms with Crippen LogP contribution in [0.15, 0.2) is 17.4 Å². The molecular weight excluding hydrogens is 332 g/mol. The molecule has 2 fully saturated rings. The average molecular weight is 362 g/mol. The Morgan fingerprint density at radius 2 is 2.15 bits per heavy atom. The van der Waals surface area contributed by atoms with E-state index in [0.29, 0.717) is 13.1 Å². The van der Waals surface area contributed by atoms with E-state index in [4.69, 9.17) is 0 Å². The molecule has 0 unspecified atom stereocenters. The van der Waals surface area contributed by atoms with Crippen LogP contribution in [0.1, 0.15) is 32.1 Å². The highest BCUT2D eigenvalue weighted by molar-refractivity contribution is 5.98. The van der Waals surface area contributed by atoms with Crippen LogP contribution in [0.5, 0.6) is 0 Å². The minimum Gasteiger partial charge on any atom is -0.396 e. The number of carbonyl (C=O) groups excluding carboxylic acids is 1. The molecule has 1 saturated heterocycles. The van der Waals surface area contributed by atoms with Crippen LogP contribution in [-0.4, -0.2) is 71.5 Å². The molecule has 0 spiro atoms. The maximum absolute atomic E-state index is 12.6. The number of aliphatic hydroxyl groups is 1. The van der Waals surface area contributed by atoms with E-state index in [9.17, 15) is 9.90 Å². The number of nitrogens with zero attached hydrogens (tertiary/aromatic N) is 5. The molecule has 1 aromatic heterocycles. The van der Waals surface area contributed by atoms with Crippen LogP contribution in [0.4, 0.5) is 5.69 Å². The van der Waals surface area contributed by atoms with E-state index in [-0.39, 0.29) is 17.9 Å². The number of aromatic nitrogens is 2. The number of carbonyl (C=O) groups is 1. The number of aliphatic hydroxyl groups excluding tert-OH is 1. The lowest BCUT2D eigenvalue weighted by Crippen LogP contribution is -2.56. The second-order valence-corrected chi connectivity index (χ2v) is 7.42. The molecule has 3 rings (SSSR count). The molecule has 8 heteroatoms. The summed E-state index contributed by atoms with van der Waals surface area (Å²) in [7, 11) is 3.61. The van der Waals surface area contributed by atoms with E-state index in [0.717, 1.165) is 44.0 Å². The molecule has 0 aromatic carbocycles. The first-order valence-electron chi connectivity index (χ1n) is 9.42. The first kappa shape index (κ1) is 18.7. The van der Waals surface area contributed by atoms with Crippen LogP contribution in [-0.2, 0) is 11.8 Å². The molecule has 8 nitrogen and oxygen atoms in total. The van der Waals surface area contributed by atoms with Gasteiger partial charge in [0.2, 0.25) is 5.91 Å². The predicted molar refractivity (Wildman–Crippen MR) is 101 cm³/mol. The van der Waals surface area contributed by atoms with Gasteiger partial charge >= 0.3 is 0 Å². The van der Waals surface area contributed by atoms with Crippen molar-refractivity contribution in [3.63, 3.8) is 0 Å². The molecule has 2 aliphatic rings. The molecule has 0 bridgehead atoms. The maximum Gasteiger partial charge on any atom is 0.246 e. The monoisotopic (exact) mass is 362 g/mol. The fraction of sp³-hybridized carbons (Fsp3) is 0.722. The van der Waals surface area contributed by atoms with Crippen molar-refractivity contribution < 1.29 is 9.90 Å². The lowest BCUT2D eigenvalue weighted by atomic mass is 9.83. The molecule has 1 saturated carbocycles. The zero-order valence-corrected chi connectivity index (χ0v) is 15.8. The molecule has 144 valence electrons. The largest absolute Gasteiger partial charge is 0.396 e. The van der Waals surface area contributed by atoms with Crippen molar-refractivity contribution in [3.8, 4) is 0 Å². The third-order valence-corrected chi connectivity index (χ3v) is 5.66. The Hall–Kier alpha value is -2.09. The summed E-state index contributed by atoms with van der Waals surface area (Å²) < 4.78 is 1.71.